The summed E-state index contributed by atoms with van der Waals surface area (Å²) < 4.78 is 0. The maximum atomic E-state index is 9.45. The van der Waals surface area contributed by atoms with Crippen LogP contribution in [0.2, 0.25) is 0 Å². The Morgan fingerprint density at radius 3 is 2.46 bits per heavy atom. The van der Waals surface area contributed by atoms with E-state index in [0.717, 1.165) is 17.8 Å². The van der Waals surface area contributed by atoms with Crippen LogP contribution in [0.3, 0.4) is 0 Å². The predicted octanol–water partition coefficient (Wildman–Crippen LogP) is 2.83. The van der Waals surface area contributed by atoms with Gasteiger partial charge in [-0.25, -0.2) is 0 Å². The molecule has 1 N–H and O–H groups in total. The molecule has 0 aliphatic heterocycles. The Balaban J connectivity index is 1.83. The molecule has 0 aromatic heterocycles. The van der Waals surface area contributed by atoms with Crippen LogP contribution in [-0.2, 0) is 0 Å². The monoisotopic (exact) mass is 182 g/mol. The highest BCUT2D eigenvalue weighted by Gasteiger charge is 2.39. The summed E-state index contributed by atoms with van der Waals surface area (Å²) in [7, 11) is 0. The highest BCUT2D eigenvalue weighted by molar-refractivity contribution is 4.90. The van der Waals surface area contributed by atoms with Crippen molar-refractivity contribution >= 4 is 0 Å². The average Bonchev–Trinajstić information content (AvgIpc) is 2.64. The van der Waals surface area contributed by atoms with Crippen molar-refractivity contribution in [3.8, 4) is 0 Å². The second kappa shape index (κ2) is 3.61. The van der Waals surface area contributed by atoms with Crippen molar-refractivity contribution in [3.05, 3.63) is 0 Å². The lowest BCUT2D eigenvalue weighted by Crippen LogP contribution is -2.20. The summed E-state index contributed by atoms with van der Waals surface area (Å²) in [5, 5.41) is 9.45. The van der Waals surface area contributed by atoms with E-state index >= 15 is 0 Å². The fourth-order valence-electron chi connectivity index (χ4n) is 3.34. The highest BCUT2D eigenvalue weighted by atomic mass is 16.3. The molecule has 1 heteroatoms. The van der Waals surface area contributed by atoms with Gasteiger partial charge in [0.1, 0.15) is 0 Å². The fraction of sp³-hybridized carbons (Fsp3) is 1.00. The lowest BCUT2D eigenvalue weighted by atomic mass is 9.81. The number of aliphatic hydroxyl groups excluding tert-OH is 1. The molecule has 0 spiro atoms. The van der Waals surface area contributed by atoms with E-state index in [1.54, 1.807) is 0 Å². The van der Waals surface area contributed by atoms with Crippen LogP contribution < -0.4 is 0 Å². The number of hydrogen-bond acceptors (Lipinski definition) is 1. The maximum absolute atomic E-state index is 9.45. The Morgan fingerprint density at radius 2 is 2.00 bits per heavy atom. The molecule has 0 amide bonds. The third kappa shape index (κ3) is 1.90. The summed E-state index contributed by atoms with van der Waals surface area (Å²) in [6, 6.07) is 0. The minimum absolute atomic E-state index is 0.112. The van der Waals surface area contributed by atoms with Crippen molar-refractivity contribution in [1.29, 1.82) is 0 Å². The maximum Gasteiger partial charge on any atom is 0.0537 e. The van der Waals surface area contributed by atoms with Crippen molar-refractivity contribution in [2.75, 3.05) is 0 Å². The zero-order valence-corrected chi connectivity index (χ0v) is 8.87. The molecule has 2 saturated carbocycles. The van der Waals surface area contributed by atoms with Crippen molar-refractivity contribution in [2.24, 2.45) is 23.7 Å². The summed E-state index contributed by atoms with van der Waals surface area (Å²) in [6.07, 6.45) is 7.07. The number of fused-ring (bicyclic) bond motifs is 2. The molecule has 2 aliphatic rings. The molecule has 2 aliphatic carbocycles. The summed E-state index contributed by atoms with van der Waals surface area (Å²) in [5.41, 5.74) is 0. The molecule has 2 bridgehead atoms. The highest BCUT2D eigenvalue weighted by Crippen LogP contribution is 2.50. The summed E-state index contributed by atoms with van der Waals surface area (Å²) in [6.45, 7) is 4.12. The second-order valence-electron chi connectivity index (χ2n) is 5.39. The first kappa shape index (κ1) is 9.51. The van der Waals surface area contributed by atoms with Crippen LogP contribution in [0.1, 0.15) is 46.0 Å². The second-order valence-corrected chi connectivity index (χ2v) is 5.39. The zero-order chi connectivity index (χ0) is 9.42. The molecule has 5 atom stereocenters. The largest absolute Gasteiger partial charge is 0.393 e. The topological polar surface area (TPSA) is 20.2 Å². The average molecular weight is 182 g/mol. The van der Waals surface area contributed by atoms with Gasteiger partial charge in [-0.05, 0) is 56.3 Å². The molecule has 1 nitrogen and oxygen atoms in total. The molecular weight excluding hydrogens is 160 g/mol. The summed E-state index contributed by atoms with van der Waals surface area (Å²) in [5.74, 6) is 3.52. The van der Waals surface area contributed by atoms with E-state index in [4.69, 9.17) is 0 Å². The molecule has 0 heterocycles. The van der Waals surface area contributed by atoms with Crippen molar-refractivity contribution in [1.82, 2.24) is 0 Å². The fourth-order valence-corrected chi connectivity index (χ4v) is 3.34. The summed E-state index contributed by atoms with van der Waals surface area (Å²) >= 11 is 0. The van der Waals surface area contributed by atoms with Crippen LogP contribution in [-0.4, -0.2) is 11.2 Å². The molecular formula is C12H22O. The Morgan fingerprint density at radius 1 is 1.23 bits per heavy atom. The quantitative estimate of drug-likeness (QED) is 0.711. The minimum atomic E-state index is -0.112. The van der Waals surface area contributed by atoms with Crippen molar-refractivity contribution in [2.45, 2.75) is 52.1 Å². The number of hydrogen-bond donors (Lipinski definition) is 1. The van der Waals surface area contributed by atoms with Crippen molar-refractivity contribution < 1.29 is 5.11 Å². The van der Waals surface area contributed by atoms with Gasteiger partial charge in [0.15, 0.2) is 0 Å². The Labute approximate surface area is 81.5 Å². The zero-order valence-electron chi connectivity index (χ0n) is 8.87. The Kier molecular flexibility index (Phi) is 2.64. The van der Waals surface area contributed by atoms with E-state index in [2.05, 4.69) is 6.92 Å². The van der Waals surface area contributed by atoms with Gasteiger partial charge in [0, 0.05) is 0 Å². The molecule has 0 saturated heterocycles. The number of aliphatic hydroxyl groups is 1. The molecule has 0 aromatic carbocycles. The van der Waals surface area contributed by atoms with E-state index < -0.39 is 0 Å². The Hall–Kier alpha value is -0.0400. The normalized spacial score (nSPS) is 42.2. The lowest BCUT2D eigenvalue weighted by Gasteiger charge is -2.25. The third-order valence-electron chi connectivity index (χ3n) is 4.38. The van der Waals surface area contributed by atoms with Gasteiger partial charge in [0.25, 0.3) is 0 Å². The van der Waals surface area contributed by atoms with Gasteiger partial charge in [-0.1, -0.05) is 13.3 Å². The minimum Gasteiger partial charge on any atom is -0.393 e. The van der Waals surface area contributed by atoms with Crippen LogP contribution in [0.5, 0.6) is 0 Å². The van der Waals surface area contributed by atoms with Crippen LogP contribution in [0.15, 0.2) is 0 Å². The SMILES string of the molecule is CC(O)C(C)CC1CC2CCC1C2. The predicted molar refractivity (Wildman–Crippen MR) is 54.4 cm³/mol. The smallest absolute Gasteiger partial charge is 0.0537 e. The molecule has 2 rings (SSSR count). The van der Waals surface area contributed by atoms with E-state index in [9.17, 15) is 5.11 Å². The summed E-state index contributed by atoms with van der Waals surface area (Å²) in [4.78, 5) is 0. The van der Waals surface area contributed by atoms with Crippen molar-refractivity contribution in [3.63, 3.8) is 0 Å². The van der Waals surface area contributed by atoms with Crippen LogP contribution in [0.25, 0.3) is 0 Å². The number of rotatable bonds is 3. The van der Waals surface area contributed by atoms with Crippen LogP contribution in [0, 0.1) is 23.7 Å². The van der Waals surface area contributed by atoms with Gasteiger partial charge in [-0.3, -0.25) is 0 Å². The molecule has 13 heavy (non-hydrogen) atoms. The van der Waals surface area contributed by atoms with Gasteiger partial charge in [-0.15, -0.1) is 0 Å². The van der Waals surface area contributed by atoms with Gasteiger partial charge >= 0.3 is 0 Å². The van der Waals surface area contributed by atoms with E-state index in [-0.39, 0.29) is 6.10 Å². The van der Waals surface area contributed by atoms with Gasteiger partial charge in [0.2, 0.25) is 0 Å². The lowest BCUT2D eigenvalue weighted by molar-refractivity contribution is 0.109. The first-order valence-corrected chi connectivity index (χ1v) is 5.85. The van der Waals surface area contributed by atoms with Crippen LogP contribution in [0.4, 0.5) is 0 Å². The van der Waals surface area contributed by atoms with Gasteiger partial charge in [-0.2, -0.15) is 0 Å². The van der Waals surface area contributed by atoms with E-state index in [0.29, 0.717) is 5.92 Å². The molecule has 2 fully saturated rings. The van der Waals surface area contributed by atoms with Gasteiger partial charge < -0.3 is 5.11 Å². The molecule has 0 aromatic rings. The van der Waals surface area contributed by atoms with Gasteiger partial charge in [0.05, 0.1) is 6.10 Å². The molecule has 5 unspecified atom stereocenters. The standard InChI is InChI=1S/C12H22O/c1-8(9(2)13)5-12-7-10-3-4-11(12)6-10/h8-13H,3-7H2,1-2H3. The molecule has 76 valence electrons. The first-order chi connectivity index (χ1) is 6.16. The Bertz CT molecular complexity index is 176. The third-order valence-corrected chi connectivity index (χ3v) is 4.38. The molecule has 0 radical (unpaired) electrons. The van der Waals surface area contributed by atoms with E-state index in [1.807, 2.05) is 6.92 Å². The first-order valence-electron chi connectivity index (χ1n) is 5.85. The van der Waals surface area contributed by atoms with E-state index in [1.165, 1.54) is 32.1 Å². The van der Waals surface area contributed by atoms with Crippen LogP contribution >= 0.6 is 0 Å².